The molecule has 0 spiro atoms. The highest BCUT2D eigenvalue weighted by Gasteiger charge is 2.40. The second kappa shape index (κ2) is 5.97. The number of amides is 2. The van der Waals surface area contributed by atoms with Crippen molar-refractivity contribution in [1.29, 1.82) is 0 Å². The van der Waals surface area contributed by atoms with Gasteiger partial charge in [-0.15, -0.1) is 0 Å². The zero-order valence-electron chi connectivity index (χ0n) is 11.9. The quantitative estimate of drug-likeness (QED) is 0.783. The van der Waals surface area contributed by atoms with Crippen molar-refractivity contribution in [3.8, 4) is 0 Å². The van der Waals surface area contributed by atoms with Crippen molar-refractivity contribution in [1.82, 2.24) is 10.2 Å². The molecule has 2 fully saturated rings. The maximum atomic E-state index is 12.2. The van der Waals surface area contributed by atoms with E-state index in [-0.39, 0.29) is 17.7 Å². The molecule has 114 valence electrons. The number of nitrogens with zero attached hydrogens (tertiary/aromatic N) is 1. The molecule has 2 N–H and O–H groups in total. The minimum absolute atomic E-state index is 0.222. The van der Waals surface area contributed by atoms with E-state index < -0.39 is 12.0 Å². The normalized spacial score (nSPS) is 33.4. The number of ether oxygens (including phenoxy) is 2. The first-order chi connectivity index (χ1) is 9.45. The van der Waals surface area contributed by atoms with Crippen molar-refractivity contribution in [3.05, 3.63) is 0 Å². The second-order valence-electron chi connectivity index (χ2n) is 5.66. The van der Waals surface area contributed by atoms with Crippen molar-refractivity contribution in [2.24, 2.45) is 0 Å². The Morgan fingerprint density at radius 2 is 2.30 bits per heavy atom. The summed E-state index contributed by atoms with van der Waals surface area (Å²) in [4.78, 5) is 24.7. The SMILES string of the molecule is COC1CC(C(=O)O)N(C(=O)NCC2(C)CCCO2)C1. The van der Waals surface area contributed by atoms with Gasteiger partial charge >= 0.3 is 12.0 Å². The first kappa shape index (κ1) is 15.1. The smallest absolute Gasteiger partial charge is 0.326 e. The summed E-state index contributed by atoms with van der Waals surface area (Å²) < 4.78 is 10.8. The maximum Gasteiger partial charge on any atom is 0.326 e. The van der Waals surface area contributed by atoms with Gasteiger partial charge < -0.3 is 24.8 Å². The fraction of sp³-hybridized carbons (Fsp3) is 0.846. The lowest BCUT2D eigenvalue weighted by Crippen LogP contribution is -2.50. The number of aliphatic carboxylic acids is 1. The average Bonchev–Trinajstić information content (AvgIpc) is 3.02. The van der Waals surface area contributed by atoms with Crippen LogP contribution in [0.3, 0.4) is 0 Å². The number of hydrogen-bond acceptors (Lipinski definition) is 4. The molecular weight excluding hydrogens is 264 g/mol. The molecule has 3 unspecified atom stereocenters. The monoisotopic (exact) mass is 286 g/mol. The van der Waals surface area contributed by atoms with E-state index in [0.29, 0.717) is 26.1 Å². The summed E-state index contributed by atoms with van der Waals surface area (Å²) in [7, 11) is 1.53. The van der Waals surface area contributed by atoms with Crippen molar-refractivity contribution < 1.29 is 24.2 Å². The summed E-state index contributed by atoms with van der Waals surface area (Å²) in [5, 5.41) is 12.0. The molecule has 0 saturated carbocycles. The highest BCUT2D eigenvalue weighted by atomic mass is 16.5. The average molecular weight is 286 g/mol. The standard InChI is InChI=1S/C13H22N2O5/c1-13(4-3-5-20-13)8-14-12(18)15-7-9(19-2)6-10(15)11(16)17/h9-10H,3-8H2,1-2H3,(H,14,18)(H,16,17). The molecule has 2 aliphatic rings. The Kier molecular flexibility index (Phi) is 4.49. The summed E-state index contributed by atoms with van der Waals surface area (Å²) in [6.45, 7) is 3.36. The lowest BCUT2D eigenvalue weighted by molar-refractivity contribution is -0.141. The number of carbonyl (C=O) groups excluding carboxylic acids is 1. The molecule has 2 heterocycles. The Balaban J connectivity index is 1.91. The number of carboxylic acids is 1. The predicted octanol–water partition coefficient (Wildman–Crippen LogP) is 0.439. The molecule has 0 aliphatic carbocycles. The van der Waals surface area contributed by atoms with Crippen LogP contribution < -0.4 is 5.32 Å². The summed E-state index contributed by atoms with van der Waals surface area (Å²) in [6.07, 6.45) is 1.99. The van der Waals surface area contributed by atoms with E-state index in [4.69, 9.17) is 9.47 Å². The van der Waals surface area contributed by atoms with E-state index in [1.165, 1.54) is 12.0 Å². The molecule has 7 nitrogen and oxygen atoms in total. The highest BCUT2D eigenvalue weighted by molar-refractivity contribution is 5.83. The van der Waals surface area contributed by atoms with Gasteiger partial charge in [0, 0.05) is 33.2 Å². The Morgan fingerprint density at radius 3 is 2.85 bits per heavy atom. The third-order valence-electron chi connectivity index (χ3n) is 4.06. The van der Waals surface area contributed by atoms with Crippen molar-refractivity contribution >= 4 is 12.0 Å². The number of hydrogen-bond donors (Lipinski definition) is 2. The van der Waals surface area contributed by atoms with Gasteiger partial charge in [-0.25, -0.2) is 9.59 Å². The minimum Gasteiger partial charge on any atom is -0.480 e. The molecule has 0 radical (unpaired) electrons. The molecule has 0 aromatic carbocycles. The van der Waals surface area contributed by atoms with Crippen LogP contribution >= 0.6 is 0 Å². The van der Waals surface area contributed by atoms with Crippen molar-refractivity contribution in [3.63, 3.8) is 0 Å². The molecule has 0 aromatic heterocycles. The fourth-order valence-electron chi connectivity index (χ4n) is 2.77. The number of carboxylic acid groups (broad SMARTS) is 1. The Bertz CT molecular complexity index is 381. The number of rotatable bonds is 4. The van der Waals surface area contributed by atoms with E-state index in [1.54, 1.807) is 0 Å². The van der Waals surface area contributed by atoms with Gasteiger partial charge in [0.25, 0.3) is 0 Å². The van der Waals surface area contributed by atoms with Gasteiger partial charge in [-0.05, 0) is 19.8 Å². The summed E-state index contributed by atoms with van der Waals surface area (Å²) >= 11 is 0. The van der Waals surface area contributed by atoms with Crippen LogP contribution in [0.4, 0.5) is 4.79 Å². The van der Waals surface area contributed by atoms with Crippen LogP contribution in [0.25, 0.3) is 0 Å². The van der Waals surface area contributed by atoms with Crippen LogP contribution in [-0.4, -0.2) is 66.6 Å². The van der Waals surface area contributed by atoms with Crippen molar-refractivity contribution in [2.75, 3.05) is 26.8 Å². The van der Waals surface area contributed by atoms with Crippen LogP contribution in [0.15, 0.2) is 0 Å². The summed E-state index contributed by atoms with van der Waals surface area (Å²) in [6, 6.07) is -1.19. The lowest BCUT2D eigenvalue weighted by Gasteiger charge is -2.27. The van der Waals surface area contributed by atoms with Crippen LogP contribution in [0.5, 0.6) is 0 Å². The number of nitrogens with one attached hydrogen (secondary N) is 1. The van der Waals surface area contributed by atoms with Gasteiger partial charge in [0.2, 0.25) is 0 Å². The molecule has 0 bridgehead atoms. The van der Waals surface area contributed by atoms with E-state index in [0.717, 1.165) is 12.8 Å². The first-order valence-electron chi connectivity index (χ1n) is 6.89. The zero-order chi connectivity index (χ0) is 14.8. The van der Waals surface area contributed by atoms with Crippen LogP contribution in [0.2, 0.25) is 0 Å². The van der Waals surface area contributed by atoms with E-state index in [2.05, 4.69) is 5.32 Å². The van der Waals surface area contributed by atoms with Crippen LogP contribution in [0, 0.1) is 0 Å². The van der Waals surface area contributed by atoms with Gasteiger partial charge in [-0.1, -0.05) is 0 Å². The Hall–Kier alpha value is -1.34. The highest BCUT2D eigenvalue weighted by Crippen LogP contribution is 2.25. The Labute approximate surface area is 118 Å². The number of carbonyl (C=O) groups is 2. The molecule has 2 aliphatic heterocycles. The third-order valence-corrected chi connectivity index (χ3v) is 4.06. The number of methoxy groups -OCH3 is 1. The molecule has 7 heteroatoms. The van der Waals surface area contributed by atoms with E-state index in [1.807, 2.05) is 6.92 Å². The fourth-order valence-corrected chi connectivity index (χ4v) is 2.77. The van der Waals surface area contributed by atoms with E-state index >= 15 is 0 Å². The molecule has 0 aromatic rings. The molecule has 3 atom stereocenters. The summed E-state index contributed by atoms with van der Waals surface area (Å²) in [5.41, 5.74) is -0.339. The van der Waals surface area contributed by atoms with Crippen LogP contribution in [0.1, 0.15) is 26.2 Å². The van der Waals surface area contributed by atoms with Gasteiger partial charge in [-0.2, -0.15) is 0 Å². The van der Waals surface area contributed by atoms with E-state index in [9.17, 15) is 14.7 Å². The number of likely N-dealkylation sites (tertiary alicyclic amines) is 1. The minimum atomic E-state index is -0.997. The molecular formula is C13H22N2O5. The lowest BCUT2D eigenvalue weighted by atomic mass is 10.0. The van der Waals surface area contributed by atoms with Crippen molar-refractivity contribution in [2.45, 2.75) is 43.9 Å². The van der Waals surface area contributed by atoms with Gasteiger partial charge in [-0.3, -0.25) is 0 Å². The largest absolute Gasteiger partial charge is 0.480 e. The van der Waals surface area contributed by atoms with Gasteiger partial charge in [0.15, 0.2) is 0 Å². The topological polar surface area (TPSA) is 88.1 Å². The number of urea groups is 1. The first-order valence-corrected chi connectivity index (χ1v) is 6.89. The third kappa shape index (κ3) is 3.21. The Morgan fingerprint density at radius 1 is 1.55 bits per heavy atom. The summed E-state index contributed by atoms with van der Waals surface area (Å²) in [5.74, 6) is -0.997. The molecule has 20 heavy (non-hydrogen) atoms. The second-order valence-corrected chi connectivity index (χ2v) is 5.66. The maximum absolute atomic E-state index is 12.2. The van der Waals surface area contributed by atoms with Crippen LogP contribution in [-0.2, 0) is 14.3 Å². The molecule has 2 saturated heterocycles. The molecule has 2 amide bonds. The molecule has 2 rings (SSSR count). The van der Waals surface area contributed by atoms with Gasteiger partial charge in [0.1, 0.15) is 6.04 Å². The zero-order valence-corrected chi connectivity index (χ0v) is 11.9. The van der Waals surface area contributed by atoms with Gasteiger partial charge in [0.05, 0.1) is 11.7 Å². The predicted molar refractivity (Wildman–Crippen MR) is 70.5 cm³/mol.